The van der Waals surface area contributed by atoms with Gasteiger partial charge in [-0.05, 0) is 12.1 Å². The van der Waals surface area contributed by atoms with Crippen molar-refractivity contribution >= 4 is 5.95 Å². The van der Waals surface area contributed by atoms with Gasteiger partial charge in [-0.1, -0.05) is 0 Å². The molecule has 1 unspecified atom stereocenters. The fraction of sp³-hybridized carbons (Fsp3) is 0.429. The number of ether oxygens (including phenoxy) is 1. The number of hydrogen-bond donors (Lipinski definition) is 2. The fourth-order valence-electron chi connectivity index (χ4n) is 2.15. The lowest BCUT2D eigenvalue weighted by atomic mass is 10.3. The second kappa shape index (κ2) is 6.98. The van der Waals surface area contributed by atoms with E-state index < -0.39 is 0 Å². The van der Waals surface area contributed by atoms with Gasteiger partial charge in [-0.25, -0.2) is 4.98 Å². The maximum atomic E-state index is 9.06. The fourth-order valence-corrected chi connectivity index (χ4v) is 2.15. The predicted octanol–water partition coefficient (Wildman–Crippen LogP) is 0.652. The minimum Gasteiger partial charge on any atom is -0.469 e. The summed E-state index contributed by atoms with van der Waals surface area (Å²) in [6, 6.07) is 5.70. The normalized spacial score (nSPS) is 17.9. The van der Waals surface area contributed by atoms with Crippen LogP contribution in [-0.4, -0.2) is 41.2 Å². The molecular formula is C14H16N6O2. The van der Waals surface area contributed by atoms with Crippen molar-refractivity contribution in [3.8, 4) is 6.07 Å². The standard InChI is InChI=1S/C14H16N6O2/c15-8-12-18-13(11-9-16-5-7-22-11)20-14(19-12)17-4-3-10-2-1-6-21-10/h1-2,6,11,16H,3-5,7,9H2,(H,17,18,19,20). The van der Waals surface area contributed by atoms with Crippen molar-refractivity contribution in [1.82, 2.24) is 20.3 Å². The highest BCUT2D eigenvalue weighted by molar-refractivity contribution is 5.28. The summed E-state index contributed by atoms with van der Waals surface area (Å²) in [5.74, 6) is 1.81. The number of nitrogens with one attached hydrogen (secondary N) is 2. The van der Waals surface area contributed by atoms with Crippen molar-refractivity contribution in [1.29, 1.82) is 5.26 Å². The Labute approximate surface area is 127 Å². The lowest BCUT2D eigenvalue weighted by Gasteiger charge is -2.22. The van der Waals surface area contributed by atoms with Crippen molar-refractivity contribution in [3.05, 3.63) is 35.8 Å². The molecule has 2 aromatic heterocycles. The third kappa shape index (κ3) is 3.58. The average Bonchev–Trinajstić information content (AvgIpc) is 3.09. The third-order valence-electron chi connectivity index (χ3n) is 3.20. The molecule has 22 heavy (non-hydrogen) atoms. The maximum absolute atomic E-state index is 9.06. The minimum atomic E-state index is -0.255. The molecule has 0 aliphatic carbocycles. The van der Waals surface area contributed by atoms with Crippen LogP contribution in [0.3, 0.4) is 0 Å². The molecular weight excluding hydrogens is 284 g/mol. The first-order valence-electron chi connectivity index (χ1n) is 7.10. The minimum absolute atomic E-state index is 0.0830. The zero-order valence-corrected chi connectivity index (χ0v) is 12.0. The summed E-state index contributed by atoms with van der Waals surface area (Å²) in [4.78, 5) is 12.5. The molecule has 0 radical (unpaired) electrons. The molecule has 0 aromatic carbocycles. The Bertz CT molecular complexity index is 646. The van der Waals surface area contributed by atoms with E-state index in [1.165, 1.54) is 0 Å². The van der Waals surface area contributed by atoms with Gasteiger partial charge in [-0.2, -0.15) is 15.2 Å². The first-order chi connectivity index (χ1) is 10.8. The Kier molecular flexibility index (Phi) is 4.58. The molecule has 2 N–H and O–H groups in total. The highest BCUT2D eigenvalue weighted by Gasteiger charge is 2.20. The average molecular weight is 300 g/mol. The number of rotatable bonds is 5. The molecule has 3 rings (SSSR count). The smallest absolute Gasteiger partial charge is 0.237 e. The van der Waals surface area contributed by atoms with Gasteiger partial charge in [0, 0.05) is 26.1 Å². The van der Waals surface area contributed by atoms with Crippen LogP contribution in [0, 0.1) is 11.3 Å². The number of aromatic nitrogens is 3. The van der Waals surface area contributed by atoms with Gasteiger partial charge in [-0.3, -0.25) is 0 Å². The molecule has 8 heteroatoms. The first-order valence-corrected chi connectivity index (χ1v) is 7.10. The molecule has 1 atom stereocenters. The third-order valence-corrected chi connectivity index (χ3v) is 3.20. The van der Waals surface area contributed by atoms with E-state index in [2.05, 4.69) is 25.6 Å². The zero-order valence-electron chi connectivity index (χ0n) is 12.0. The Morgan fingerprint density at radius 3 is 3.09 bits per heavy atom. The second-order valence-electron chi connectivity index (χ2n) is 4.77. The van der Waals surface area contributed by atoms with E-state index in [4.69, 9.17) is 14.4 Å². The molecule has 0 saturated carbocycles. The van der Waals surface area contributed by atoms with E-state index in [0.29, 0.717) is 37.9 Å². The molecule has 114 valence electrons. The molecule has 1 saturated heterocycles. The van der Waals surface area contributed by atoms with E-state index in [9.17, 15) is 0 Å². The second-order valence-corrected chi connectivity index (χ2v) is 4.77. The van der Waals surface area contributed by atoms with Crippen LogP contribution < -0.4 is 10.6 Å². The highest BCUT2D eigenvalue weighted by atomic mass is 16.5. The SMILES string of the molecule is N#Cc1nc(NCCc2ccco2)nc(C2CNCCO2)n1. The topological polar surface area (TPSA) is 109 Å². The van der Waals surface area contributed by atoms with Gasteiger partial charge in [0.25, 0.3) is 0 Å². The number of furan rings is 1. The van der Waals surface area contributed by atoms with Gasteiger partial charge in [0.2, 0.25) is 11.8 Å². The van der Waals surface area contributed by atoms with E-state index in [-0.39, 0.29) is 11.9 Å². The van der Waals surface area contributed by atoms with Crippen molar-refractivity contribution in [3.63, 3.8) is 0 Å². The molecule has 0 amide bonds. The van der Waals surface area contributed by atoms with Crippen LogP contribution in [0.25, 0.3) is 0 Å². The molecule has 2 aromatic rings. The van der Waals surface area contributed by atoms with Crippen molar-refractivity contribution in [2.24, 2.45) is 0 Å². The van der Waals surface area contributed by atoms with Gasteiger partial charge in [0.05, 0.1) is 12.9 Å². The van der Waals surface area contributed by atoms with Crippen LogP contribution in [0.15, 0.2) is 22.8 Å². The summed E-state index contributed by atoms with van der Waals surface area (Å²) in [5, 5.41) is 15.4. The van der Waals surface area contributed by atoms with Gasteiger partial charge in [0.1, 0.15) is 17.9 Å². The number of morpholine rings is 1. The summed E-state index contributed by atoms with van der Waals surface area (Å²) >= 11 is 0. The Balaban J connectivity index is 1.68. The van der Waals surface area contributed by atoms with Crippen LogP contribution >= 0.6 is 0 Å². The van der Waals surface area contributed by atoms with Crippen molar-refractivity contribution in [2.75, 3.05) is 31.6 Å². The Hall–Kier alpha value is -2.50. The number of nitriles is 1. The lowest BCUT2D eigenvalue weighted by Crippen LogP contribution is -2.34. The van der Waals surface area contributed by atoms with Crippen LogP contribution in [-0.2, 0) is 11.2 Å². The van der Waals surface area contributed by atoms with Gasteiger partial charge >= 0.3 is 0 Å². The lowest BCUT2D eigenvalue weighted by molar-refractivity contribution is 0.0220. The summed E-state index contributed by atoms with van der Waals surface area (Å²) in [7, 11) is 0. The Morgan fingerprint density at radius 1 is 1.41 bits per heavy atom. The maximum Gasteiger partial charge on any atom is 0.237 e. The van der Waals surface area contributed by atoms with Gasteiger partial charge < -0.3 is 19.8 Å². The van der Waals surface area contributed by atoms with E-state index in [0.717, 1.165) is 12.3 Å². The molecule has 0 spiro atoms. The Morgan fingerprint density at radius 2 is 2.36 bits per heavy atom. The van der Waals surface area contributed by atoms with E-state index in [1.54, 1.807) is 6.26 Å². The number of hydrogen-bond acceptors (Lipinski definition) is 8. The molecule has 8 nitrogen and oxygen atoms in total. The molecule has 0 bridgehead atoms. The number of nitrogens with zero attached hydrogens (tertiary/aromatic N) is 4. The first kappa shape index (κ1) is 14.4. The summed E-state index contributed by atoms with van der Waals surface area (Å²) < 4.78 is 10.9. The van der Waals surface area contributed by atoms with Crippen LogP contribution in [0.4, 0.5) is 5.95 Å². The molecule has 3 heterocycles. The van der Waals surface area contributed by atoms with Crippen LogP contribution in [0.5, 0.6) is 0 Å². The molecule has 1 aliphatic rings. The summed E-state index contributed by atoms with van der Waals surface area (Å²) in [6.45, 7) is 2.63. The zero-order chi connectivity index (χ0) is 15.2. The number of anilines is 1. The summed E-state index contributed by atoms with van der Waals surface area (Å²) in [6.07, 6.45) is 2.09. The van der Waals surface area contributed by atoms with E-state index >= 15 is 0 Å². The molecule has 1 fully saturated rings. The monoisotopic (exact) mass is 300 g/mol. The van der Waals surface area contributed by atoms with Crippen LogP contribution in [0.2, 0.25) is 0 Å². The van der Waals surface area contributed by atoms with Crippen molar-refractivity contribution in [2.45, 2.75) is 12.5 Å². The van der Waals surface area contributed by atoms with Gasteiger partial charge in [0.15, 0.2) is 5.82 Å². The van der Waals surface area contributed by atoms with Crippen molar-refractivity contribution < 1.29 is 9.15 Å². The van der Waals surface area contributed by atoms with E-state index in [1.807, 2.05) is 18.2 Å². The predicted molar refractivity (Wildman–Crippen MR) is 77.0 cm³/mol. The van der Waals surface area contributed by atoms with Gasteiger partial charge in [-0.15, -0.1) is 0 Å². The highest BCUT2D eigenvalue weighted by Crippen LogP contribution is 2.16. The van der Waals surface area contributed by atoms with Crippen LogP contribution in [0.1, 0.15) is 23.5 Å². The summed E-state index contributed by atoms with van der Waals surface area (Å²) in [5.41, 5.74) is 0. The largest absolute Gasteiger partial charge is 0.469 e. The quantitative estimate of drug-likeness (QED) is 0.828. The molecule has 1 aliphatic heterocycles.